The molecular formula is C27H33F7N4O5. The van der Waals surface area contributed by atoms with Gasteiger partial charge in [0.25, 0.3) is 5.91 Å². The van der Waals surface area contributed by atoms with Crippen LogP contribution < -0.4 is 10.2 Å². The summed E-state index contributed by atoms with van der Waals surface area (Å²) in [6.07, 6.45) is -5.01. The number of carboxylic acid groups (broad SMARTS) is 2. The molecule has 0 radical (unpaired) electrons. The van der Waals surface area contributed by atoms with Crippen LogP contribution in [0.3, 0.4) is 0 Å². The van der Waals surface area contributed by atoms with Gasteiger partial charge >= 0.3 is 24.3 Å². The van der Waals surface area contributed by atoms with Gasteiger partial charge in [0.15, 0.2) is 0 Å². The van der Waals surface area contributed by atoms with Crippen molar-refractivity contribution >= 4 is 29.4 Å². The van der Waals surface area contributed by atoms with E-state index in [9.17, 15) is 35.5 Å². The fraction of sp³-hybridized carbons (Fsp3) is 0.481. The van der Waals surface area contributed by atoms with E-state index in [0.29, 0.717) is 17.3 Å². The number of nitrogens with zero attached hydrogens (tertiary/aromatic N) is 3. The van der Waals surface area contributed by atoms with Crippen molar-refractivity contribution in [2.45, 2.75) is 51.5 Å². The summed E-state index contributed by atoms with van der Waals surface area (Å²) in [5.74, 6) is -4.54. The summed E-state index contributed by atoms with van der Waals surface area (Å²) in [6, 6.07) is 9.64. The Hall–Kier alpha value is -3.95. The molecule has 1 aliphatic rings. The highest BCUT2D eigenvalue weighted by Crippen LogP contribution is 2.24. The summed E-state index contributed by atoms with van der Waals surface area (Å²) in [4.78, 5) is 39.5. The molecule has 9 nitrogen and oxygen atoms in total. The summed E-state index contributed by atoms with van der Waals surface area (Å²) in [5.41, 5.74) is 1.11. The zero-order valence-corrected chi connectivity index (χ0v) is 23.5. The summed E-state index contributed by atoms with van der Waals surface area (Å²) < 4.78 is 76.5. The number of benzene rings is 1. The molecule has 1 aromatic carbocycles. The van der Waals surface area contributed by atoms with Gasteiger partial charge in [-0.2, -0.15) is 26.3 Å². The number of pyridine rings is 1. The number of piperidine rings is 1. The van der Waals surface area contributed by atoms with Crippen LogP contribution >= 0.6 is 0 Å². The Morgan fingerprint density at radius 3 is 1.93 bits per heavy atom. The molecule has 1 unspecified atom stereocenters. The SMILES string of the molecule is CCC(C)CN1CCC(N(C)c2cc(NC(=O)c3ccc(F)cc3)ccn2)CC1.O=C(O)C(F)(F)F.O=C(O)C(F)(F)F. The van der Waals surface area contributed by atoms with E-state index in [-0.39, 0.29) is 11.7 Å². The molecule has 0 bridgehead atoms. The largest absolute Gasteiger partial charge is 0.490 e. The topological polar surface area (TPSA) is 123 Å². The second kappa shape index (κ2) is 16.6. The van der Waals surface area contributed by atoms with Crippen molar-refractivity contribution in [1.29, 1.82) is 0 Å². The Kier molecular flexibility index (Phi) is 14.3. The highest BCUT2D eigenvalue weighted by molar-refractivity contribution is 6.04. The van der Waals surface area contributed by atoms with Crippen molar-refractivity contribution in [3.63, 3.8) is 0 Å². The minimum atomic E-state index is -5.08. The number of hydrogen-bond donors (Lipinski definition) is 3. The van der Waals surface area contributed by atoms with E-state index in [1.54, 1.807) is 12.3 Å². The van der Waals surface area contributed by atoms with E-state index in [0.717, 1.165) is 37.7 Å². The fourth-order valence-electron chi connectivity index (χ4n) is 3.74. The van der Waals surface area contributed by atoms with Crippen molar-refractivity contribution in [1.82, 2.24) is 9.88 Å². The van der Waals surface area contributed by atoms with Gasteiger partial charge in [-0.05, 0) is 49.1 Å². The molecule has 0 saturated carbocycles. The molecule has 1 aliphatic heterocycles. The predicted octanol–water partition coefficient (Wildman–Crippen LogP) is 5.69. The number of carbonyl (C=O) groups is 3. The molecule has 1 atom stereocenters. The minimum Gasteiger partial charge on any atom is -0.475 e. The van der Waals surface area contributed by atoms with E-state index in [1.807, 2.05) is 6.07 Å². The van der Waals surface area contributed by atoms with Crippen molar-refractivity contribution in [3.05, 3.63) is 54.0 Å². The van der Waals surface area contributed by atoms with Crippen LogP contribution in [0, 0.1) is 11.7 Å². The third kappa shape index (κ3) is 13.7. The summed E-state index contributed by atoms with van der Waals surface area (Å²) >= 11 is 0. The Bertz CT molecular complexity index is 1160. The number of carboxylic acids is 2. The van der Waals surface area contributed by atoms with Crippen molar-refractivity contribution in [2.24, 2.45) is 5.92 Å². The maximum absolute atomic E-state index is 13.1. The molecule has 1 fully saturated rings. The molecule has 2 aromatic rings. The zero-order chi connectivity index (χ0) is 33.0. The van der Waals surface area contributed by atoms with Crippen LogP contribution in [-0.2, 0) is 9.59 Å². The lowest BCUT2D eigenvalue weighted by Crippen LogP contribution is -2.44. The third-order valence-corrected chi connectivity index (χ3v) is 6.33. The molecule has 1 saturated heterocycles. The molecule has 1 aromatic heterocycles. The first-order valence-electron chi connectivity index (χ1n) is 12.9. The fourth-order valence-corrected chi connectivity index (χ4v) is 3.74. The number of carbonyl (C=O) groups excluding carboxylic acids is 1. The molecule has 3 rings (SSSR count). The van der Waals surface area contributed by atoms with Crippen LogP contribution in [0.5, 0.6) is 0 Å². The van der Waals surface area contributed by atoms with E-state index >= 15 is 0 Å². The number of aliphatic carboxylic acids is 2. The molecule has 16 heteroatoms. The Balaban J connectivity index is 0.000000548. The zero-order valence-electron chi connectivity index (χ0n) is 23.5. The van der Waals surface area contributed by atoms with Crippen LogP contribution in [0.2, 0.25) is 0 Å². The van der Waals surface area contributed by atoms with E-state index in [2.05, 4.69) is 41.0 Å². The first-order chi connectivity index (χ1) is 19.8. The lowest BCUT2D eigenvalue weighted by molar-refractivity contribution is -0.193. The highest BCUT2D eigenvalue weighted by atomic mass is 19.4. The quantitative estimate of drug-likeness (QED) is 0.336. The van der Waals surface area contributed by atoms with Crippen molar-refractivity contribution < 1.29 is 55.3 Å². The van der Waals surface area contributed by atoms with Gasteiger partial charge in [0.2, 0.25) is 0 Å². The molecule has 240 valence electrons. The van der Waals surface area contributed by atoms with Gasteiger partial charge in [0.05, 0.1) is 0 Å². The van der Waals surface area contributed by atoms with Gasteiger partial charge in [-0.3, -0.25) is 4.79 Å². The number of nitrogens with one attached hydrogen (secondary N) is 1. The second-order valence-electron chi connectivity index (χ2n) is 9.63. The summed E-state index contributed by atoms with van der Waals surface area (Å²) in [6.45, 7) is 7.96. The van der Waals surface area contributed by atoms with Gasteiger partial charge in [0.1, 0.15) is 11.6 Å². The van der Waals surface area contributed by atoms with Gasteiger partial charge in [-0.25, -0.2) is 19.0 Å². The molecule has 0 aliphatic carbocycles. The number of likely N-dealkylation sites (tertiary alicyclic amines) is 1. The van der Waals surface area contributed by atoms with Crippen molar-refractivity contribution in [3.8, 4) is 0 Å². The monoisotopic (exact) mass is 626 g/mol. The number of rotatable bonds is 7. The Morgan fingerprint density at radius 2 is 1.49 bits per heavy atom. The van der Waals surface area contributed by atoms with Crippen LogP contribution in [0.25, 0.3) is 0 Å². The molecular weight excluding hydrogens is 593 g/mol. The Morgan fingerprint density at radius 1 is 1.00 bits per heavy atom. The maximum atomic E-state index is 13.1. The van der Waals surface area contributed by atoms with Crippen molar-refractivity contribution in [2.75, 3.05) is 36.9 Å². The number of aromatic nitrogens is 1. The number of halogens is 7. The Labute approximate surface area is 243 Å². The molecule has 2 heterocycles. The highest BCUT2D eigenvalue weighted by Gasteiger charge is 2.38. The normalized spacial score (nSPS) is 14.7. The average Bonchev–Trinajstić information content (AvgIpc) is 2.93. The van der Waals surface area contributed by atoms with E-state index < -0.39 is 24.3 Å². The predicted molar refractivity (Wildman–Crippen MR) is 143 cm³/mol. The molecule has 43 heavy (non-hydrogen) atoms. The van der Waals surface area contributed by atoms with Crippen LogP contribution in [-0.4, -0.2) is 83.0 Å². The number of anilines is 2. The smallest absolute Gasteiger partial charge is 0.475 e. The van der Waals surface area contributed by atoms with E-state index in [4.69, 9.17) is 19.8 Å². The first-order valence-corrected chi connectivity index (χ1v) is 12.9. The van der Waals surface area contributed by atoms with Crippen LogP contribution in [0.1, 0.15) is 43.5 Å². The minimum absolute atomic E-state index is 0.261. The molecule has 0 spiro atoms. The number of hydrogen-bond acceptors (Lipinski definition) is 6. The number of amides is 1. The van der Waals surface area contributed by atoms with Gasteiger partial charge in [0, 0.05) is 56.2 Å². The summed E-state index contributed by atoms with van der Waals surface area (Å²) in [7, 11) is 2.07. The summed E-state index contributed by atoms with van der Waals surface area (Å²) in [5, 5.41) is 17.1. The molecule has 3 N–H and O–H groups in total. The third-order valence-electron chi connectivity index (χ3n) is 6.33. The standard InChI is InChI=1S/C23H31FN4O.2C2HF3O2/c1-4-17(2)16-28-13-10-21(11-14-28)27(3)22-15-20(9-12-25-22)26-23(29)18-5-7-19(24)8-6-18;2*3-2(4,5)1(6)7/h5-9,12,15,17,21H,4,10-11,13-14,16H2,1-3H3,(H,25,26,29);2*(H,6,7). The van der Waals surface area contributed by atoms with Gasteiger partial charge in [-0.15, -0.1) is 0 Å². The number of alkyl halides is 6. The second-order valence-corrected chi connectivity index (χ2v) is 9.63. The lowest BCUT2D eigenvalue weighted by atomic mass is 10.0. The van der Waals surface area contributed by atoms with Gasteiger partial charge in [-0.1, -0.05) is 20.3 Å². The van der Waals surface area contributed by atoms with Crippen LogP contribution in [0.4, 0.5) is 42.2 Å². The van der Waals surface area contributed by atoms with E-state index in [1.165, 1.54) is 37.2 Å². The van der Waals surface area contributed by atoms with Crippen LogP contribution in [0.15, 0.2) is 42.6 Å². The maximum Gasteiger partial charge on any atom is 0.490 e. The molecule has 1 amide bonds. The average molecular weight is 627 g/mol. The lowest BCUT2D eigenvalue weighted by Gasteiger charge is -2.38. The first kappa shape index (κ1) is 37.1. The van der Waals surface area contributed by atoms with Gasteiger partial charge < -0.3 is 25.3 Å².